The molecule has 0 aliphatic heterocycles. The van der Waals surface area contributed by atoms with Crippen molar-refractivity contribution in [3.63, 3.8) is 0 Å². The second-order valence-electron chi connectivity index (χ2n) is 16.0. The average Bonchev–Trinajstić information content (AvgIpc) is 3.19. The lowest BCUT2D eigenvalue weighted by atomic mass is 10.1. The van der Waals surface area contributed by atoms with Crippen molar-refractivity contribution in [3.8, 4) is 0 Å². The molecular formula is C51H84NO7+. The van der Waals surface area contributed by atoms with Crippen molar-refractivity contribution in [1.29, 1.82) is 0 Å². The van der Waals surface area contributed by atoms with E-state index in [0.29, 0.717) is 19.3 Å². The van der Waals surface area contributed by atoms with Crippen LogP contribution in [0.25, 0.3) is 0 Å². The van der Waals surface area contributed by atoms with Gasteiger partial charge in [-0.25, -0.2) is 4.79 Å². The highest BCUT2D eigenvalue weighted by Gasteiger charge is 2.31. The standard InChI is InChI=1S/C51H83NO7/c1-6-8-10-12-14-16-18-20-22-23-24-25-26-28-30-32-34-36-38-40-42-50(54)59-47(45-57-44-43-48(51(55)56)52(3,4)5)46-58-49(53)41-39-37-35-33-31-29-27-21-19-17-15-13-11-9-7-2/h8-11,13-17,19-22,24-25,27,47-48H,6-7,12,18,23,26,28-46H2,1-5H3/p+1/b10-8+,11-9+,15-13+,16-14+,19-17+,22-20+,25-24+,27-21+. The molecule has 0 bridgehead atoms. The van der Waals surface area contributed by atoms with Crippen molar-refractivity contribution in [1.82, 2.24) is 0 Å². The highest BCUT2D eigenvalue weighted by atomic mass is 16.6. The summed E-state index contributed by atoms with van der Waals surface area (Å²) < 4.78 is 17.3. The second-order valence-corrected chi connectivity index (χ2v) is 16.0. The van der Waals surface area contributed by atoms with Crippen LogP contribution in [0.3, 0.4) is 0 Å². The fourth-order valence-electron chi connectivity index (χ4n) is 6.09. The topological polar surface area (TPSA) is 99.1 Å². The van der Waals surface area contributed by atoms with Gasteiger partial charge in [-0.05, 0) is 70.6 Å². The van der Waals surface area contributed by atoms with E-state index in [0.717, 1.165) is 103 Å². The summed E-state index contributed by atoms with van der Waals surface area (Å²) >= 11 is 0. The minimum absolute atomic E-state index is 0.0423. The van der Waals surface area contributed by atoms with E-state index in [4.69, 9.17) is 14.2 Å². The summed E-state index contributed by atoms with van der Waals surface area (Å²) in [4.78, 5) is 37.0. The molecule has 0 heterocycles. The highest BCUT2D eigenvalue weighted by molar-refractivity contribution is 5.72. The Morgan fingerprint density at radius 2 is 0.983 bits per heavy atom. The van der Waals surface area contributed by atoms with E-state index in [1.807, 2.05) is 51.5 Å². The third-order valence-electron chi connectivity index (χ3n) is 9.57. The van der Waals surface area contributed by atoms with Gasteiger partial charge in [0.1, 0.15) is 6.61 Å². The minimum atomic E-state index is -0.885. The zero-order valence-corrected chi connectivity index (χ0v) is 37.9. The zero-order chi connectivity index (χ0) is 43.5. The van der Waals surface area contributed by atoms with E-state index in [1.165, 1.54) is 19.3 Å². The molecule has 0 amide bonds. The molecule has 0 aliphatic carbocycles. The fourth-order valence-corrected chi connectivity index (χ4v) is 6.09. The number of aliphatic carboxylic acids is 1. The number of allylic oxidation sites excluding steroid dienone is 16. The van der Waals surface area contributed by atoms with E-state index in [2.05, 4.69) is 80.7 Å². The molecule has 8 heteroatoms. The molecule has 2 atom stereocenters. The van der Waals surface area contributed by atoms with Crippen molar-refractivity contribution < 1.29 is 38.2 Å². The van der Waals surface area contributed by atoms with Crippen LogP contribution in [0.15, 0.2) is 97.2 Å². The van der Waals surface area contributed by atoms with Gasteiger partial charge in [0.25, 0.3) is 0 Å². The molecule has 334 valence electrons. The fraction of sp³-hybridized carbons (Fsp3) is 0.627. The van der Waals surface area contributed by atoms with Gasteiger partial charge in [0, 0.05) is 19.3 Å². The first-order valence-electron chi connectivity index (χ1n) is 22.8. The summed E-state index contributed by atoms with van der Waals surface area (Å²) in [6, 6.07) is -0.626. The number of carbonyl (C=O) groups is 3. The zero-order valence-electron chi connectivity index (χ0n) is 37.9. The number of carbonyl (C=O) groups excluding carboxylic acids is 2. The lowest BCUT2D eigenvalue weighted by Gasteiger charge is -2.31. The van der Waals surface area contributed by atoms with Gasteiger partial charge in [-0.15, -0.1) is 0 Å². The summed E-state index contributed by atoms with van der Waals surface area (Å²) in [7, 11) is 5.50. The molecule has 2 unspecified atom stereocenters. The molecular weight excluding hydrogens is 739 g/mol. The summed E-state index contributed by atoms with van der Waals surface area (Å²) in [6.07, 6.45) is 54.5. The number of quaternary nitrogens is 1. The Labute approximate surface area is 360 Å². The average molecular weight is 823 g/mol. The van der Waals surface area contributed by atoms with E-state index in [9.17, 15) is 19.5 Å². The van der Waals surface area contributed by atoms with Crippen LogP contribution in [0, 0.1) is 0 Å². The van der Waals surface area contributed by atoms with Crippen LogP contribution in [-0.2, 0) is 28.6 Å². The SMILES string of the molecule is CC/C=C/C=C/C=C/C=C/CCCCCCCC(=O)OCC(COCCC(C(=O)O)[N+](C)(C)C)OC(=O)CCCCCCCCC/C=C/C/C=C/C/C=C/C/C=C/CC. The van der Waals surface area contributed by atoms with Crippen molar-refractivity contribution in [2.45, 2.75) is 167 Å². The maximum absolute atomic E-state index is 12.8. The lowest BCUT2D eigenvalue weighted by Crippen LogP contribution is -2.50. The van der Waals surface area contributed by atoms with Crippen LogP contribution in [0.1, 0.15) is 155 Å². The molecule has 0 aliphatic rings. The van der Waals surface area contributed by atoms with Crippen LogP contribution in [0.2, 0.25) is 0 Å². The molecule has 0 radical (unpaired) electrons. The Kier molecular flexibility index (Phi) is 38.4. The van der Waals surface area contributed by atoms with Gasteiger partial charge < -0.3 is 23.8 Å². The quantitative estimate of drug-likeness (QED) is 0.0217. The normalized spacial score (nSPS) is 13.8. The Morgan fingerprint density at radius 3 is 1.53 bits per heavy atom. The molecule has 0 aromatic heterocycles. The van der Waals surface area contributed by atoms with Gasteiger partial charge >= 0.3 is 17.9 Å². The maximum atomic E-state index is 12.8. The van der Waals surface area contributed by atoms with E-state index in [1.54, 1.807) is 0 Å². The number of ether oxygens (including phenoxy) is 3. The van der Waals surface area contributed by atoms with Crippen LogP contribution in [-0.4, -0.2) is 80.6 Å². The first kappa shape index (κ1) is 55.2. The number of carboxylic acid groups (broad SMARTS) is 1. The molecule has 0 fully saturated rings. The Hall–Kier alpha value is -3.75. The first-order valence-corrected chi connectivity index (χ1v) is 22.8. The number of likely N-dealkylation sites (N-methyl/N-ethyl adjacent to an activating group) is 1. The summed E-state index contributed by atoms with van der Waals surface area (Å²) in [5.41, 5.74) is 0. The van der Waals surface area contributed by atoms with E-state index in [-0.39, 0.29) is 36.2 Å². The molecule has 0 aromatic rings. The van der Waals surface area contributed by atoms with E-state index < -0.39 is 18.1 Å². The molecule has 1 N–H and O–H groups in total. The van der Waals surface area contributed by atoms with Crippen molar-refractivity contribution in [2.75, 3.05) is 41.0 Å². The monoisotopic (exact) mass is 823 g/mol. The molecule has 59 heavy (non-hydrogen) atoms. The largest absolute Gasteiger partial charge is 0.477 e. The molecule has 0 aromatic carbocycles. The third-order valence-corrected chi connectivity index (χ3v) is 9.57. The van der Waals surface area contributed by atoms with Gasteiger partial charge in [-0.2, -0.15) is 0 Å². The smallest absolute Gasteiger partial charge is 0.362 e. The Balaban J connectivity index is 4.39. The summed E-state index contributed by atoms with van der Waals surface area (Å²) in [5.74, 6) is -1.52. The second kappa shape index (κ2) is 41.0. The highest BCUT2D eigenvalue weighted by Crippen LogP contribution is 2.13. The summed E-state index contributed by atoms with van der Waals surface area (Å²) in [6.45, 7) is 4.43. The van der Waals surface area contributed by atoms with Crippen molar-refractivity contribution in [2.24, 2.45) is 0 Å². The Bertz CT molecular complexity index is 1280. The van der Waals surface area contributed by atoms with Gasteiger partial charge in [0.2, 0.25) is 0 Å². The number of carboxylic acids is 1. The molecule has 0 spiro atoms. The first-order chi connectivity index (χ1) is 28.6. The number of hydrogen-bond donors (Lipinski definition) is 1. The summed E-state index contributed by atoms with van der Waals surface area (Å²) in [5, 5.41) is 9.63. The van der Waals surface area contributed by atoms with Crippen LogP contribution < -0.4 is 0 Å². The van der Waals surface area contributed by atoms with Gasteiger partial charge in [-0.3, -0.25) is 9.59 Å². The van der Waals surface area contributed by atoms with Gasteiger partial charge in [-0.1, -0.05) is 162 Å². The number of nitrogens with zero attached hydrogens (tertiary/aromatic N) is 1. The molecule has 0 saturated carbocycles. The number of esters is 2. The van der Waals surface area contributed by atoms with Crippen molar-refractivity contribution in [3.05, 3.63) is 97.2 Å². The molecule has 8 nitrogen and oxygen atoms in total. The van der Waals surface area contributed by atoms with Crippen LogP contribution in [0.4, 0.5) is 0 Å². The third kappa shape index (κ3) is 39.5. The minimum Gasteiger partial charge on any atom is -0.477 e. The maximum Gasteiger partial charge on any atom is 0.362 e. The van der Waals surface area contributed by atoms with Crippen LogP contribution >= 0.6 is 0 Å². The van der Waals surface area contributed by atoms with Gasteiger partial charge in [0.05, 0.1) is 34.4 Å². The van der Waals surface area contributed by atoms with Crippen molar-refractivity contribution >= 4 is 17.9 Å². The Morgan fingerprint density at radius 1 is 0.525 bits per heavy atom. The molecule has 0 saturated heterocycles. The number of rotatable bonds is 39. The number of unbranched alkanes of at least 4 members (excludes halogenated alkanes) is 12. The van der Waals surface area contributed by atoms with E-state index >= 15 is 0 Å². The predicted octanol–water partition coefficient (Wildman–Crippen LogP) is 12.7. The molecule has 0 rings (SSSR count). The number of hydrogen-bond acceptors (Lipinski definition) is 6. The van der Waals surface area contributed by atoms with Crippen LogP contribution in [0.5, 0.6) is 0 Å². The van der Waals surface area contributed by atoms with Gasteiger partial charge in [0.15, 0.2) is 12.1 Å². The lowest BCUT2D eigenvalue weighted by molar-refractivity contribution is -0.887. The predicted molar refractivity (Wildman–Crippen MR) is 247 cm³/mol.